The Morgan fingerprint density at radius 2 is 1.85 bits per heavy atom. The minimum Gasteiger partial charge on any atom is -0.368 e. The normalized spacial score (nSPS) is 15.0. The van der Waals surface area contributed by atoms with Gasteiger partial charge in [-0.25, -0.2) is 0 Å². The van der Waals surface area contributed by atoms with E-state index >= 15 is 0 Å². The molecule has 1 amide bonds. The monoisotopic (exact) mass is 364 g/mol. The van der Waals surface area contributed by atoms with E-state index in [1.807, 2.05) is 47.4 Å². The summed E-state index contributed by atoms with van der Waals surface area (Å²) in [6, 6.07) is 13.0. The van der Waals surface area contributed by atoms with Gasteiger partial charge in [0.1, 0.15) is 6.61 Å². The van der Waals surface area contributed by atoms with Crippen LogP contribution in [-0.2, 0) is 11.3 Å². The fraction of sp³-hybridized carbons (Fsp3) is 0.300. The number of nitrogens with zero attached hydrogens (tertiary/aromatic N) is 4. The lowest BCUT2D eigenvalue weighted by Crippen LogP contribution is -2.40. The predicted molar refractivity (Wildman–Crippen MR) is 97.7 cm³/mol. The van der Waals surface area contributed by atoms with E-state index in [2.05, 4.69) is 15.1 Å². The van der Waals surface area contributed by atoms with Crippen molar-refractivity contribution in [2.24, 2.45) is 0 Å². The lowest BCUT2D eigenvalue weighted by molar-refractivity contribution is -0.00978. The van der Waals surface area contributed by atoms with E-state index < -0.39 is 0 Å². The molecule has 2 aromatic heterocycles. The van der Waals surface area contributed by atoms with Crippen molar-refractivity contribution >= 4 is 5.91 Å². The molecule has 0 atom stereocenters. The second-order valence-electron chi connectivity index (χ2n) is 6.42. The zero-order valence-electron chi connectivity index (χ0n) is 14.8. The highest BCUT2D eigenvalue weighted by Crippen LogP contribution is 2.19. The molecule has 0 bridgehead atoms. The van der Waals surface area contributed by atoms with Gasteiger partial charge >= 0.3 is 0 Å². The number of aromatic nitrogens is 3. The summed E-state index contributed by atoms with van der Waals surface area (Å²) in [5, 5.41) is 3.97. The van der Waals surface area contributed by atoms with Crippen molar-refractivity contribution in [3.63, 3.8) is 0 Å². The number of hydrogen-bond acceptors (Lipinski definition) is 6. The maximum absolute atomic E-state index is 12.5. The van der Waals surface area contributed by atoms with Gasteiger partial charge in [-0.2, -0.15) is 4.98 Å². The van der Waals surface area contributed by atoms with Crippen LogP contribution in [0.2, 0.25) is 0 Å². The summed E-state index contributed by atoms with van der Waals surface area (Å²) in [6.07, 6.45) is 5.05. The number of carbonyl (C=O) groups excluding carboxylic acids is 1. The van der Waals surface area contributed by atoms with E-state index in [1.54, 1.807) is 12.4 Å². The van der Waals surface area contributed by atoms with Crippen molar-refractivity contribution in [2.45, 2.75) is 25.6 Å². The van der Waals surface area contributed by atoms with Crippen LogP contribution < -0.4 is 0 Å². The van der Waals surface area contributed by atoms with Crippen molar-refractivity contribution in [3.8, 4) is 11.4 Å². The summed E-state index contributed by atoms with van der Waals surface area (Å²) in [5.41, 5.74) is 1.58. The average molecular weight is 364 g/mol. The maximum atomic E-state index is 12.5. The van der Waals surface area contributed by atoms with Gasteiger partial charge in [-0.3, -0.25) is 9.78 Å². The molecule has 138 valence electrons. The Balaban J connectivity index is 1.27. The molecular weight excluding hydrogens is 344 g/mol. The first kappa shape index (κ1) is 17.4. The minimum atomic E-state index is 0.0768. The molecule has 0 aliphatic carbocycles. The summed E-state index contributed by atoms with van der Waals surface area (Å²) in [7, 11) is 0. The third kappa shape index (κ3) is 4.20. The zero-order chi connectivity index (χ0) is 18.5. The Morgan fingerprint density at radius 3 is 2.59 bits per heavy atom. The van der Waals surface area contributed by atoms with E-state index in [0.717, 1.165) is 24.0 Å². The summed E-state index contributed by atoms with van der Waals surface area (Å²) < 4.78 is 11.2. The van der Waals surface area contributed by atoms with Crippen LogP contribution in [0.15, 0.2) is 59.4 Å². The van der Waals surface area contributed by atoms with E-state index in [1.165, 1.54) is 0 Å². The molecule has 0 unspecified atom stereocenters. The summed E-state index contributed by atoms with van der Waals surface area (Å²) in [6.45, 7) is 1.64. The van der Waals surface area contributed by atoms with Gasteiger partial charge in [-0.05, 0) is 37.1 Å². The molecule has 7 heteroatoms. The molecule has 0 spiro atoms. The second kappa shape index (κ2) is 8.09. The number of benzene rings is 1. The van der Waals surface area contributed by atoms with E-state index in [4.69, 9.17) is 9.26 Å². The Hall–Kier alpha value is -3.06. The maximum Gasteiger partial charge on any atom is 0.253 e. The van der Waals surface area contributed by atoms with Crippen molar-refractivity contribution in [2.75, 3.05) is 13.1 Å². The standard InChI is InChI=1S/C20H20N4O3/c25-20(16-4-2-1-3-5-16)24-12-8-17(9-13-24)26-14-18-22-19(23-27-18)15-6-10-21-11-7-15/h1-7,10-11,17H,8-9,12-14H2. The van der Waals surface area contributed by atoms with Crippen LogP contribution in [0.5, 0.6) is 0 Å². The third-order valence-corrected chi connectivity index (χ3v) is 4.60. The van der Waals surface area contributed by atoms with Gasteiger partial charge < -0.3 is 14.2 Å². The van der Waals surface area contributed by atoms with Crippen LogP contribution in [-0.4, -0.2) is 45.1 Å². The lowest BCUT2D eigenvalue weighted by atomic mass is 10.1. The van der Waals surface area contributed by atoms with Crippen molar-refractivity contribution < 1.29 is 14.1 Å². The number of likely N-dealkylation sites (tertiary alicyclic amines) is 1. The number of pyridine rings is 1. The fourth-order valence-electron chi connectivity index (χ4n) is 3.11. The predicted octanol–water partition coefficient (Wildman–Crippen LogP) is 2.95. The lowest BCUT2D eigenvalue weighted by Gasteiger charge is -2.31. The minimum absolute atomic E-state index is 0.0768. The van der Waals surface area contributed by atoms with Crippen LogP contribution in [0.1, 0.15) is 29.1 Å². The highest BCUT2D eigenvalue weighted by molar-refractivity contribution is 5.94. The van der Waals surface area contributed by atoms with Gasteiger partial charge in [-0.1, -0.05) is 23.4 Å². The van der Waals surface area contributed by atoms with Gasteiger partial charge in [0.15, 0.2) is 0 Å². The van der Waals surface area contributed by atoms with Gasteiger partial charge in [-0.15, -0.1) is 0 Å². The Labute approximate surface area is 157 Å². The first-order valence-electron chi connectivity index (χ1n) is 8.98. The molecule has 4 rings (SSSR count). The molecule has 1 fully saturated rings. The van der Waals surface area contributed by atoms with Crippen LogP contribution >= 0.6 is 0 Å². The van der Waals surface area contributed by atoms with Gasteiger partial charge in [0.05, 0.1) is 6.10 Å². The Kier molecular flexibility index (Phi) is 5.20. The summed E-state index contributed by atoms with van der Waals surface area (Å²) in [5.74, 6) is 1.05. The quantitative estimate of drug-likeness (QED) is 0.692. The number of hydrogen-bond donors (Lipinski definition) is 0. The fourth-order valence-corrected chi connectivity index (χ4v) is 3.11. The van der Waals surface area contributed by atoms with Crippen molar-refractivity contribution in [1.82, 2.24) is 20.0 Å². The molecule has 0 radical (unpaired) electrons. The summed E-state index contributed by atoms with van der Waals surface area (Å²) >= 11 is 0. The number of carbonyl (C=O) groups is 1. The third-order valence-electron chi connectivity index (χ3n) is 4.60. The molecule has 27 heavy (non-hydrogen) atoms. The van der Waals surface area contributed by atoms with Crippen LogP contribution in [0.3, 0.4) is 0 Å². The number of piperidine rings is 1. The van der Waals surface area contributed by atoms with Gasteiger partial charge in [0.25, 0.3) is 11.8 Å². The molecule has 1 aliphatic heterocycles. The van der Waals surface area contributed by atoms with E-state index in [9.17, 15) is 4.79 Å². The number of rotatable bonds is 5. The zero-order valence-corrected chi connectivity index (χ0v) is 14.8. The largest absolute Gasteiger partial charge is 0.368 e. The molecule has 0 saturated carbocycles. The molecule has 1 saturated heterocycles. The molecule has 3 aromatic rings. The smallest absolute Gasteiger partial charge is 0.253 e. The highest BCUT2D eigenvalue weighted by Gasteiger charge is 2.24. The van der Waals surface area contributed by atoms with Gasteiger partial charge in [0, 0.05) is 36.6 Å². The first-order chi connectivity index (χ1) is 13.3. The molecule has 1 aliphatic rings. The molecule has 3 heterocycles. The highest BCUT2D eigenvalue weighted by atomic mass is 16.5. The van der Waals surface area contributed by atoms with E-state index in [-0.39, 0.29) is 18.6 Å². The van der Waals surface area contributed by atoms with Crippen LogP contribution in [0.4, 0.5) is 0 Å². The molecule has 7 nitrogen and oxygen atoms in total. The number of amides is 1. The Bertz CT molecular complexity index is 875. The summed E-state index contributed by atoms with van der Waals surface area (Å²) in [4.78, 5) is 22.7. The van der Waals surface area contributed by atoms with Crippen LogP contribution in [0.25, 0.3) is 11.4 Å². The van der Waals surface area contributed by atoms with Crippen molar-refractivity contribution in [3.05, 3.63) is 66.3 Å². The molecule has 1 aromatic carbocycles. The molecular formula is C20H20N4O3. The first-order valence-corrected chi connectivity index (χ1v) is 8.98. The van der Waals surface area contributed by atoms with Crippen LogP contribution in [0, 0.1) is 0 Å². The van der Waals surface area contributed by atoms with Crippen molar-refractivity contribution in [1.29, 1.82) is 0 Å². The molecule has 0 N–H and O–H groups in total. The van der Waals surface area contributed by atoms with Gasteiger partial charge in [0.2, 0.25) is 5.82 Å². The average Bonchev–Trinajstić information content (AvgIpc) is 3.22. The topological polar surface area (TPSA) is 81.4 Å². The SMILES string of the molecule is O=C(c1ccccc1)N1CCC(OCc2nc(-c3ccncc3)no2)CC1. The number of ether oxygens (including phenoxy) is 1. The van der Waals surface area contributed by atoms with E-state index in [0.29, 0.717) is 24.8 Å². The second-order valence-corrected chi connectivity index (χ2v) is 6.42. The Morgan fingerprint density at radius 1 is 1.11 bits per heavy atom.